The Morgan fingerprint density at radius 1 is 1.41 bits per heavy atom. The van der Waals surface area contributed by atoms with Crippen LogP contribution in [0.15, 0.2) is 4.99 Å². The van der Waals surface area contributed by atoms with Crippen LogP contribution in [0.1, 0.15) is 66.2 Å². The van der Waals surface area contributed by atoms with Crippen molar-refractivity contribution in [2.45, 2.75) is 71.6 Å². The fourth-order valence-corrected chi connectivity index (χ4v) is 3.73. The summed E-state index contributed by atoms with van der Waals surface area (Å²) in [5.41, 5.74) is 0.304. The predicted octanol–water partition coefficient (Wildman–Crippen LogP) is 4.56. The van der Waals surface area contributed by atoms with Crippen LogP contribution in [0.4, 0.5) is 0 Å². The quantitative estimate of drug-likeness (QED) is 0.401. The van der Waals surface area contributed by atoms with Crippen LogP contribution in [0.3, 0.4) is 0 Å². The number of hydrogen-bond acceptors (Lipinski definition) is 3. The first kappa shape index (κ1) is 19.6. The largest absolute Gasteiger partial charge is 0.315 e. The second-order valence-electron chi connectivity index (χ2n) is 7.84. The molecule has 1 rings (SSSR count). The van der Waals surface area contributed by atoms with Crippen molar-refractivity contribution in [3.63, 3.8) is 0 Å². The zero-order valence-corrected chi connectivity index (χ0v) is 15.8. The molecule has 3 unspecified atom stereocenters. The molecule has 0 saturated carbocycles. The fourth-order valence-electron chi connectivity index (χ4n) is 3.48. The molecule has 0 spiro atoms. The highest BCUT2D eigenvalue weighted by molar-refractivity contribution is 7.80. The predicted molar refractivity (Wildman–Crippen MR) is 102 cm³/mol. The van der Waals surface area contributed by atoms with Crippen molar-refractivity contribution in [2.24, 2.45) is 21.7 Å². The first-order valence-electron chi connectivity index (χ1n) is 8.71. The van der Waals surface area contributed by atoms with Gasteiger partial charge in [-0.3, -0.25) is 4.99 Å². The number of nitrogens with zero attached hydrogens (tertiary/aromatic N) is 1. The minimum atomic E-state index is 0.00744. The lowest BCUT2D eigenvalue weighted by molar-refractivity contribution is 0.124. The summed E-state index contributed by atoms with van der Waals surface area (Å²) in [7, 11) is 0. The normalized spacial score (nSPS) is 25.8. The second-order valence-corrected chi connectivity index (χ2v) is 8.44. The number of piperidine rings is 1. The molecule has 0 radical (unpaired) electrons. The Hall–Kier alpha value is -0.460. The summed E-state index contributed by atoms with van der Waals surface area (Å²) in [6.45, 7) is 11.1. The molecule has 1 saturated heterocycles. The van der Waals surface area contributed by atoms with Crippen molar-refractivity contribution in [1.82, 2.24) is 5.32 Å². The number of rotatable bonds is 7. The van der Waals surface area contributed by atoms with Crippen molar-refractivity contribution in [1.29, 1.82) is 0 Å². The topological polar surface area (TPSA) is 24.4 Å². The lowest BCUT2D eigenvalue weighted by atomic mass is 9.64. The molecule has 1 aliphatic heterocycles. The van der Waals surface area contributed by atoms with E-state index in [4.69, 9.17) is 6.42 Å². The van der Waals surface area contributed by atoms with Crippen LogP contribution in [0, 0.1) is 29.1 Å². The van der Waals surface area contributed by atoms with Crippen LogP contribution in [0.2, 0.25) is 0 Å². The summed E-state index contributed by atoms with van der Waals surface area (Å²) < 4.78 is 0. The Morgan fingerprint density at radius 2 is 2.14 bits per heavy atom. The highest BCUT2D eigenvalue weighted by atomic mass is 32.1. The Kier molecular flexibility index (Phi) is 8.00. The molecule has 0 bridgehead atoms. The number of aliphatic imine (C=N–C) groups is 1. The maximum Gasteiger partial charge on any atom is 0.0919 e. The Bertz CT molecular complexity index is 383. The van der Waals surface area contributed by atoms with Gasteiger partial charge >= 0.3 is 0 Å². The molecule has 1 fully saturated rings. The maximum atomic E-state index is 6.01. The van der Waals surface area contributed by atoms with E-state index in [0.29, 0.717) is 11.3 Å². The number of thiol groups is 1. The minimum absolute atomic E-state index is 0.00744. The Labute approximate surface area is 143 Å². The minimum Gasteiger partial charge on any atom is -0.315 e. The molecule has 3 heteroatoms. The molecular formula is C19H34N2S. The number of hydrogen-bond donors (Lipinski definition) is 2. The molecule has 0 aromatic heterocycles. The summed E-state index contributed by atoms with van der Waals surface area (Å²) in [6.07, 6.45) is 14.6. The van der Waals surface area contributed by atoms with Gasteiger partial charge in [0.05, 0.1) is 5.37 Å². The van der Waals surface area contributed by atoms with Gasteiger partial charge < -0.3 is 5.32 Å². The highest BCUT2D eigenvalue weighted by Crippen LogP contribution is 2.43. The molecule has 2 nitrogen and oxygen atoms in total. The van der Waals surface area contributed by atoms with Crippen LogP contribution in [-0.4, -0.2) is 24.7 Å². The van der Waals surface area contributed by atoms with Crippen LogP contribution < -0.4 is 5.32 Å². The molecular weight excluding hydrogens is 288 g/mol. The lowest BCUT2D eigenvalue weighted by Crippen LogP contribution is -2.45. The molecule has 3 atom stereocenters. The van der Waals surface area contributed by atoms with Crippen molar-refractivity contribution in [3.8, 4) is 12.3 Å². The van der Waals surface area contributed by atoms with E-state index < -0.39 is 0 Å². The van der Waals surface area contributed by atoms with Crippen LogP contribution in [0.25, 0.3) is 0 Å². The van der Waals surface area contributed by atoms with Crippen molar-refractivity contribution >= 4 is 18.8 Å². The smallest absolute Gasteiger partial charge is 0.0919 e. The van der Waals surface area contributed by atoms with Crippen molar-refractivity contribution in [3.05, 3.63) is 0 Å². The molecule has 0 aliphatic carbocycles. The zero-order valence-electron chi connectivity index (χ0n) is 14.9. The van der Waals surface area contributed by atoms with Crippen LogP contribution in [0.5, 0.6) is 0 Å². The molecule has 0 aromatic rings. The third-order valence-electron chi connectivity index (χ3n) is 4.58. The third kappa shape index (κ3) is 6.34. The monoisotopic (exact) mass is 322 g/mol. The third-order valence-corrected chi connectivity index (χ3v) is 4.97. The number of nitrogens with one attached hydrogen (secondary N) is 1. The summed E-state index contributed by atoms with van der Waals surface area (Å²) in [4.78, 5) is 4.48. The van der Waals surface area contributed by atoms with Crippen LogP contribution >= 0.6 is 12.6 Å². The van der Waals surface area contributed by atoms with Crippen molar-refractivity contribution < 1.29 is 0 Å². The summed E-state index contributed by atoms with van der Waals surface area (Å²) in [6, 6.07) is 0. The van der Waals surface area contributed by atoms with Gasteiger partial charge in [-0.15, -0.1) is 6.42 Å². The molecule has 126 valence electrons. The first-order chi connectivity index (χ1) is 10.3. The molecule has 1 N–H and O–H groups in total. The lowest BCUT2D eigenvalue weighted by Gasteiger charge is -2.43. The van der Waals surface area contributed by atoms with E-state index in [-0.39, 0.29) is 10.8 Å². The Morgan fingerprint density at radius 3 is 2.64 bits per heavy atom. The molecule has 0 aromatic carbocycles. The van der Waals surface area contributed by atoms with E-state index >= 15 is 0 Å². The second kappa shape index (κ2) is 8.99. The van der Waals surface area contributed by atoms with Gasteiger partial charge in [0.15, 0.2) is 0 Å². The van der Waals surface area contributed by atoms with Gasteiger partial charge in [0.2, 0.25) is 0 Å². The number of terminal acetylenes is 1. The average molecular weight is 323 g/mol. The zero-order chi connectivity index (χ0) is 16.6. The summed E-state index contributed by atoms with van der Waals surface area (Å²) >= 11 is 4.61. The van der Waals surface area contributed by atoms with E-state index in [1.807, 2.05) is 6.21 Å². The van der Waals surface area contributed by atoms with Gasteiger partial charge in [0, 0.05) is 12.0 Å². The van der Waals surface area contributed by atoms with E-state index in [1.54, 1.807) is 0 Å². The fraction of sp³-hybridized carbons (Fsp3) is 0.842. The molecule has 1 aliphatic rings. The maximum absolute atomic E-state index is 6.01. The van der Waals surface area contributed by atoms with E-state index in [1.165, 1.54) is 6.42 Å². The molecule has 0 amide bonds. The first-order valence-corrected chi connectivity index (χ1v) is 9.23. The SMILES string of the molecule is C#CC1(C(CCC(S)N=CCC)CC(C)(C)C)CCCNC1. The van der Waals surface area contributed by atoms with E-state index in [2.05, 4.69) is 56.6 Å². The van der Waals surface area contributed by atoms with Gasteiger partial charge in [-0.25, -0.2) is 0 Å². The van der Waals surface area contributed by atoms with E-state index in [0.717, 1.165) is 45.2 Å². The van der Waals surface area contributed by atoms with Crippen molar-refractivity contribution in [2.75, 3.05) is 13.1 Å². The van der Waals surface area contributed by atoms with E-state index in [9.17, 15) is 0 Å². The standard InChI is InChI=1S/C19H34N2S/c1-6-12-21-17(22)10-9-16(14-18(3,4)5)19(7-2)11-8-13-20-15-19/h2,12,16-17,20,22H,6,8-11,13-15H2,1,3-5H3. The van der Waals surface area contributed by atoms with Gasteiger partial charge in [0.1, 0.15) is 0 Å². The van der Waals surface area contributed by atoms with Gasteiger partial charge in [-0.1, -0.05) is 33.6 Å². The summed E-state index contributed by atoms with van der Waals surface area (Å²) in [5, 5.41) is 3.63. The highest BCUT2D eigenvalue weighted by Gasteiger charge is 2.39. The summed E-state index contributed by atoms with van der Waals surface area (Å²) in [5.74, 6) is 3.72. The van der Waals surface area contributed by atoms with Gasteiger partial charge in [-0.05, 0) is 62.6 Å². The molecule has 1 heterocycles. The Balaban J connectivity index is 2.79. The van der Waals surface area contributed by atoms with Gasteiger partial charge in [0.25, 0.3) is 0 Å². The van der Waals surface area contributed by atoms with Gasteiger partial charge in [-0.2, -0.15) is 12.6 Å². The molecule has 22 heavy (non-hydrogen) atoms. The average Bonchev–Trinajstić information content (AvgIpc) is 2.48. The van der Waals surface area contributed by atoms with Crippen LogP contribution in [-0.2, 0) is 0 Å².